The third-order valence-electron chi connectivity index (χ3n) is 5.98. The van der Waals surface area contributed by atoms with Crippen molar-refractivity contribution in [2.24, 2.45) is 29.1 Å². The molecule has 146 valence electrons. The van der Waals surface area contributed by atoms with E-state index in [0.29, 0.717) is 5.69 Å². The molecule has 6 heteroatoms. The van der Waals surface area contributed by atoms with Crippen LogP contribution in [0.4, 0.5) is 5.69 Å². The van der Waals surface area contributed by atoms with Gasteiger partial charge < -0.3 is 4.74 Å². The summed E-state index contributed by atoms with van der Waals surface area (Å²) in [5.74, 6) is -1.54. The van der Waals surface area contributed by atoms with Crippen molar-refractivity contribution in [1.29, 1.82) is 0 Å². The average molecular weight is 381 g/mol. The summed E-state index contributed by atoms with van der Waals surface area (Å²) in [6, 6.07) is 6.28. The Morgan fingerprint density at radius 2 is 1.68 bits per heavy atom. The molecule has 1 saturated carbocycles. The fourth-order valence-electron chi connectivity index (χ4n) is 4.36. The van der Waals surface area contributed by atoms with Crippen molar-refractivity contribution in [3.8, 4) is 0 Å². The highest BCUT2D eigenvalue weighted by atomic mass is 16.5. The maximum atomic E-state index is 12.9. The van der Waals surface area contributed by atoms with Gasteiger partial charge in [-0.25, -0.2) is 9.69 Å². The summed E-state index contributed by atoms with van der Waals surface area (Å²) in [6.07, 6.45) is 4.95. The van der Waals surface area contributed by atoms with Crippen LogP contribution >= 0.6 is 0 Å². The van der Waals surface area contributed by atoms with Crippen molar-refractivity contribution in [2.45, 2.75) is 27.2 Å². The number of rotatable bonds is 4. The van der Waals surface area contributed by atoms with E-state index in [0.717, 1.165) is 6.42 Å². The van der Waals surface area contributed by atoms with Crippen LogP contribution in [-0.2, 0) is 19.1 Å². The van der Waals surface area contributed by atoms with Crippen LogP contribution < -0.4 is 4.90 Å². The summed E-state index contributed by atoms with van der Waals surface area (Å²) in [5.41, 5.74) is -0.0137. The molecule has 1 aromatic rings. The van der Waals surface area contributed by atoms with Crippen molar-refractivity contribution in [1.82, 2.24) is 0 Å². The Morgan fingerprint density at radius 3 is 2.25 bits per heavy atom. The SMILES string of the molecule is CC(C)(C)C(=O)COC(=O)c1cccc(N2C(=O)[C@@H]3[C@@H](C2=O)[C@H]2C=C[C@H]3C2)c1. The van der Waals surface area contributed by atoms with Crippen LogP contribution in [0.5, 0.6) is 0 Å². The second-order valence-corrected chi connectivity index (χ2v) is 8.81. The van der Waals surface area contributed by atoms with Crippen LogP contribution in [0, 0.1) is 29.1 Å². The Balaban J connectivity index is 1.52. The first-order valence-corrected chi connectivity index (χ1v) is 9.55. The molecule has 2 aliphatic carbocycles. The van der Waals surface area contributed by atoms with Crippen LogP contribution in [0.3, 0.4) is 0 Å². The molecule has 3 aliphatic rings. The zero-order valence-corrected chi connectivity index (χ0v) is 16.2. The summed E-state index contributed by atoms with van der Waals surface area (Å²) in [7, 11) is 0. The van der Waals surface area contributed by atoms with Gasteiger partial charge in [-0.3, -0.25) is 14.4 Å². The van der Waals surface area contributed by atoms with Gasteiger partial charge in [-0.2, -0.15) is 0 Å². The number of carbonyl (C=O) groups is 4. The number of hydrogen-bond acceptors (Lipinski definition) is 5. The lowest BCUT2D eigenvalue weighted by Gasteiger charge is -2.18. The van der Waals surface area contributed by atoms with Crippen LogP contribution in [0.15, 0.2) is 36.4 Å². The number of amides is 2. The van der Waals surface area contributed by atoms with Crippen molar-refractivity contribution in [3.05, 3.63) is 42.0 Å². The summed E-state index contributed by atoms with van der Waals surface area (Å²) in [4.78, 5) is 51.3. The van der Waals surface area contributed by atoms with Gasteiger partial charge in [0.25, 0.3) is 0 Å². The number of nitrogens with zero attached hydrogens (tertiary/aromatic N) is 1. The van der Waals surface area contributed by atoms with Gasteiger partial charge in [-0.15, -0.1) is 0 Å². The van der Waals surface area contributed by atoms with E-state index in [1.165, 1.54) is 11.0 Å². The molecule has 0 unspecified atom stereocenters. The van der Waals surface area contributed by atoms with Crippen LogP contribution in [0.2, 0.25) is 0 Å². The highest BCUT2D eigenvalue weighted by Gasteiger charge is 2.59. The first kappa shape index (κ1) is 18.6. The highest BCUT2D eigenvalue weighted by Crippen LogP contribution is 2.53. The number of benzene rings is 1. The number of imide groups is 1. The zero-order valence-electron chi connectivity index (χ0n) is 16.2. The molecule has 1 aromatic carbocycles. The van der Waals surface area contributed by atoms with E-state index in [-0.39, 0.29) is 53.4 Å². The first-order valence-electron chi connectivity index (χ1n) is 9.55. The van der Waals surface area contributed by atoms with Gasteiger partial charge in [0.1, 0.15) is 0 Å². The van der Waals surface area contributed by atoms with Crippen molar-refractivity contribution >= 4 is 29.3 Å². The third-order valence-corrected chi connectivity index (χ3v) is 5.98. The van der Waals surface area contributed by atoms with Gasteiger partial charge in [0, 0.05) is 5.41 Å². The molecule has 0 N–H and O–H groups in total. The molecular formula is C22H23NO5. The van der Waals surface area contributed by atoms with E-state index >= 15 is 0 Å². The normalized spacial score (nSPS) is 28.0. The molecular weight excluding hydrogens is 358 g/mol. The minimum atomic E-state index is -0.652. The lowest BCUT2D eigenvalue weighted by atomic mass is 9.85. The van der Waals surface area contributed by atoms with Crippen molar-refractivity contribution in [3.63, 3.8) is 0 Å². The van der Waals surface area contributed by atoms with Crippen LogP contribution in [-0.4, -0.2) is 30.2 Å². The second kappa shape index (κ2) is 6.40. The topological polar surface area (TPSA) is 80.8 Å². The highest BCUT2D eigenvalue weighted by molar-refractivity contribution is 6.23. The Morgan fingerprint density at radius 1 is 1.07 bits per heavy atom. The molecule has 1 heterocycles. The maximum absolute atomic E-state index is 12.9. The number of anilines is 1. The summed E-state index contributed by atoms with van der Waals surface area (Å²) < 4.78 is 5.12. The monoisotopic (exact) mass is 381 g/mol. The number of hydrogen-bond donors (Lipinski definition) is 0. The predicted molar refractivity (Wildman–Crippen MR) is 101 cm³/mol. The molecule has 0 radical (unpaired) electrons. The van der Waals surface area contributed by atoms with Crippen molar-refractivity contribution in [2.75, 3.05) is 11.5 Å². The fourth-order valence-corrected chi connectivity index (χ4v) is 4.36. The van der Waals surface area contributed by atoms with E-state index in [1.54, 1.807) is 39.0 Å². The molecule has 2 bridgehead atoms. The van der Waals surface area contributed by atoms with Gasteiger partial charge >= 0.3 is 5.97 Å². The number of ketones is 1. The Labute approximate surface area is 163 Å². The Kier molecular flexibility index (Phi) is 4.25. The Hall–Kier alpha value is -2.76. The standard InChI is InChI=1S/C22H23NO5/c1-22(2,3)16(24)11-28-21(27)14-5-4-6-15(10-14)23-19(25)17-12-7-8-13(9-12)18(17)20(23)26/h4-8,10,12-13,17-18H,9,11H2,1-3H3/t12-,13-,17-,18-/m0/s1. The number of esters is 1. The molecule has 0 aromatic heterocycles. The molecule has 4 atom stereocenters. The lowest BCUT2D eigenvalue weighted by Crippen LogP contribution is -2.33. The van der Waals surface area contributed by atoms with Crippen LogP contribution in [0.1, 0.15) is 37.6 Å². The van der Waals surface area contributed by atoms with Crippen LogP contribution in [0.25, 0.3) is 0 Å². The van der Waals surface area contributed by atoms with Gasteiger partial charge in [0.15, 0.2) is 12.4 Å². The minimum Gasteiger partial charge on any atom is -0.454 e. The van der Waals surface area contributed by atoms with E-state index in [9.17, 15) is 19.2 Å². The van der Waals surface area contributed by atoms with E-state index in [4.69, 9.17) is 4.74 Å². The Bertz CT molecular complexity index is 880. The van der Waals surface area contributed by atoms with Gasteiger partial charge in [0.05, 0.1) is 23.1 Å². The van der Waals surface area contributed by atoms with E-state index in [2.05, 4.69) is 0 Å². The van der Waals surface area contributed by atoms with Gasteiger partial charge in [-0.1, -0.05) is 39.0 Å². The molecule has 0 spiro atoms. The smallest absolute Gasteiger partial charge is 0.338 e. The number of fused-ring (bicyclic) bond motifs is 5. The second-order valence-electron chi connectivity index (χ2n) is 8.81. The molecule has 1 aliphatic heterocycles. The lowest BCUT2D eigenvalue weighted by molar-refractivity contribution is -0.129. The largest absolute Gasteiger partial charge is 0.454 e. The van der Waals surface area contributed by atoms with E-state index < -0.39 is 11.4 Å². The molecule has 2 amide bonds. The summed E-state index contributed by atoms with van der Waals surface area (Å²) in [5, 5.41) is 0. The quantitative estimate of drug-likeness (QED) is 0.455. The molecule has 6 nitrogen and oxygen atoms in total. The first-order chi connectivity index (χ1) is 13.2. The predicted octanol–water partition coefficient (Wildman–Crippen LogP) is 2.77. The third kappa shape index (κ3) is 2.87. The number of carbonyl (C=O) groups excluding carboxylic acids is 4. The zero-order chi connectivity index (χ0) is 20.2. The molecule has 4 rings (SSSR count). The van der Waals surface area contributed by atoms with Gasteiger partial charge in [-0.05, 0) is 36.5 Å². The van der Waals surface area contributed by atoms with Crippen molar-refractivity contribution < 1.29 is 23.9 Å². The average Bonchev–Trinajstić information content (AvgIpc) is 3.32. The summed E-state index contributed by atoms with van der Waals surface area (Å²) in [6.45, 7) is 4.96. The minimum absolute atomic E-state index is 0.132. The molecule has 2 fully saturated rings. The number of allylic oxidation sites excluding steroid dienone is 2. The fraction of sp³-hybridized carbons (Fsp3) is 0.455. The molecule has 28 heavy (non-hydrogen) atoms. The van der Waals surface area contributed by atoms with Gasteiger partial charge in [0.2, 0.25) is 11.8 Å². The molecule has 1 saturated heterocycles. The van der Waals surface area contributed by atoms with E-state index in [1.807, 2.05) is 12.2 Å². The number of ether oxygens (including phenoxy) is 1. The summed E-state index contributed by atoms with van der Waals surface area (Å²) >= 11 is 0. The number of Topliss-reactive ketones (excluding diaryl/α,β-unsaturated/α-hetero) is 1. The maximum Gasteiger partial charge on any atom is 0.338 e.